The molecule has 0 aliphatic rings. The number of H-pyrrole nitrogens is 2. The number of carbonyl (C=O) groups excluding carboxylic acids is 1. The zero-order chi connectivity index (χ0) is 17.2. The quantitative estimate of drug-likeness (QED) is 0.537. The fourth-order valence-electron chi connectivity index (χ4n) is 2.87. The molecule has 1 amide bonds. The number of nitrogens with one attached hydrogen (secondary N) is 3. The van der Waals surface area contributed by atoms with E-state index in [9.17, 15) is 9.59 Å². The summed E-state index contributed by atoms with van der Waals surface area (Å²) in [5.41, 5.74) is 2.55. The Morgan fingerprint density at radius 3 is 2.56 bits per heavy atom. The monoisotopic (exact) mass is 332 g/mol. The van der Waals surface area contributed by atoms with Gasteiger partial charge in [0.15, 0.2) is 0 Å². The van der Waals surface area contributed by atoms with Crippen molar-refractivity contribution in [2.75, 3.05) is 5.32 Å². The number of amides is 1. The van der Waals surface area contributed by atoms with Gasteiger partial charge in [-0.25, -0.2) is 4.79 Å². The van der Waals surface area contributed by atoms with E-state index in [4.69, 9.17) is 0 Å². The van der Waals surface area contributed by atoms with Gasteiger partial charge in [0, 0.05) is 23.3 Å². The highest BCUT2D eigenvalue weighted by Crippen LogP contribution is 2.23. The first-order valence-electron chi connectivity index (χ1n) is 7.92. The largest absolute Gasteiger partial charge is 0.359 e. The Kier molecular flexibility index (Phi) is 3.70. The first-order chi connectivity index (χ1) is 12.2. The van der Waals surface area contributed by atoms with Crippen molar-refractivity contribution in [2.45, 2.75) is 6.54 Å². The van der Waals surface area contributed by atoms with Gasteiger partial charge < -0.3 is 15.3 Å². The maximum Gasteiger partial charge on any atom is 0.326 e. The van der Waals surface area contributed by atoms with E-state index in [1.54, 1.807) is 6.20 Å². The van der Waals surface area contributed by atoms with Gasteiger partial charge in [-0.1, -0.05) is 48.5 Å². The Morgan fingerprint density at radius 1 is 0.960 bits per heavy atom. The van der Waals surface area contributed by atoms with Gasteiger partial charge in [-0.05, 0) is 11.6 Å². The van der Waals surface area contributed by atoms with Gasteiger partial charge in [-0.2, -0.15) is 0 Å². The number of aromatic nitrogens is 3. The molecule has 6 heteroatoms. The highest BCUT2D eigenvalue weighted by atomic mass is 16.2. The number of fused-ring (bicyclic) bond motifs is 1. The third kappa shape index (κ3) is 2.85. The summed E-state index contributed by atoms with van der Waals surface area (Å²) in [4.78, 5) is 30.5. The maximum atomic E-state index is 12.7. The Bertz CT molecular complexity index is 1090. The van der Waals surface area contributed by atoms with Gasteiger partial charge in [-0.15, -0.1) is 0 Å². The molecule has 0 saturated heterocycles. The summed E-state index contributed by atoms with van der Waals surface area (Å²) < 4.78 is 1.43. The molecule has 2 aromatic carbocycles. The van der Waals surface area contributed by atoms with Gasteiger partial charge >= 0.3 is 5.69 Å². The van der Waals surface area contributed by atoms with Crippen LogP contribution < -0.4 is 11.0 Å². The Labute approximate surface area is 143 Å². The van der Waals surface area contributed by atoms with Crippen molar-refractivity contribution >= 4 is 22.5 Å². The topological polar surface area (TPSA) is 82.7 Å². The highest BCUT2D eigenvalue weighted by molar-refractivity contribution is 6.08. The summed E-state index contributed by atoms with van der Waals surface area (Å²) >= 11 is 0. The van der Waals surface area contributed by atoms with E-state index in [0.29, 0.717) is 17.9 Å². The number of aromatic amines is 2. The standard InChI is InChI=1S/C19H16N4O2/c24-18(22-16-10-20-15-9-5-4-8-14(15)16)17-11-21-19(25)23(17)12-13-6-2-1-3-7-13/h1-11,20H,12H2,(H,21,25)(H,22,24). The van der Waals surface area contributed by atoms with E-state index in [0.717, 1.165) is 16.5 Å². The third-order valence-electron chi connectivity index (χ3n) is 4.12. The average molecular weight is 332 g/mol. The number of hydrogen-bond acceptors (Lipinski definition) is 2. The van der Waals surface area contributed by atoms with Gasteiger partial charge in [0.25, 0.3) is 5.91 Å². The maximum absolute atomic E-state index is 12.7. The average Bonchev–Trinajstić information content (AvgIpc) is 3.20. The number of nitrogens with zero attached hydrogens (tertiary/aromatic N) is 1. The highest BCUT2D eigenvalue weighted by Gasteiger charge is 2.16. The number of carbonyl (C=O) groups is 1. The zero-order valence-corrected chi connectivity index (χ0v) is 13.3. The smallest absolute Gasteiger partial charge is 0.326 e. The van der Waals surface area contributed by atoms with Crippen LogP contribution >= 0.6 is 0 Å². The predicted octanol–water partition coefficient (Wildman–Crippen LogP) is 2.96. The lowest BCUT2D eigenvalue weighted by molar-refractivity contribution is 0.101. The molecular formula is C19H16N4O2. The summed E-state index contributed by atoms with van der Waals surface area (Å²) in [5.74, 6) is -0.334. The predicted molar refractivity (Wildman–Crippen MR) is 96.8 cm³/mol. The summed E-state index contributed by atoms with van der Waals surface area (Å²) in [6, 6.07) is 17.2. The molecule has 2 heterocycles. The van der Waals surface area contributed by atoms with Crippen LogP contribution in [0.4, 0.5) is 5.69 Å². The van der Waals surface area contributed by atoms with Crippen molar-refractivity contribution in [1.29, 1.82) is 0 Å². The summed E-state index contributed by atoms with van der Waals surface area (Å²) in [6.07, 6.45) is 3.18. The minimum Gasteiger partial charge on any atom is -0.359 e. The first kappa shape index (κ1) is 15.0. The van der Waals surface area contributed by atoms with E-state index in [2.05, 4.69) is 15.3 Å². The molecule has 0 aliphatic carbocycles. The normalized spacial score (nSPS) is 10.9. The van der Waals surface area contributed by atoms with Gasteiger partial charge in [0.05, 0.1) is 12.2 Å². The second-order valence-corrected chi connectivity index (χ2v) is 5.75. The summed E-state index contributed by atoms with van der Waals surface area (Å²) in [7, 11) is 0. The third-order valence-corrected chi connectivity index (χ3v) is 4.12. The van der Waals surface area contributed by atoms with Crippen molar-refractivity contribution in [3.8, 4) is 0 Å². The van der Waals surface area contributed by atoms with Crippen molar-refractivity contribution in [3.05, 3.63) is 88.7 Å². The van der Waals surface area contributed by atoms with Crippen LogP contribution in [-0.2, 0) is 6.54 Å². The van der Waals surface area contributed by atoms with E-state index >= 15 is 0 Å². The second kappa shape index (κ2) is 6.16. The molecule has 0 spiro atoms. The molecule has 0 unspecified atom stereocenters. The van der Waals surface area contributed by atoms with E-state index in [1.165, 1.54) is 10.8 Å². The number of rotatable bonds is 4. The molecule has 2 aromatic heterocycles. The Hall–Kier alpha value is -3.54. The van der Waals surface area contributed by atoms with Crippen molar-refractivity contribution in [3.63, 3.8) is 0 Å². The molecule has 6 nitrogen and oxygen atoms in total. The molecule has 0 bridgehead atoms. The lowest BCUT2D eigenvalue weighted by atomic mass is 10.2. The number of imidazole rings is 1. The zero-order valence-electron chi connectivity index (χ0n) is 13.3. The van der Waals surface area contributed by atoms with E-state index in [1.807, 2.05) is 54.6 Å². The van der Waals surface area contributed by atoms with E-state index in [-0.39, 0.29) is 11.6 Å². The first-order valence-corrected chi connectivity index (χ1v) is 7.92. The summed E-state index contributed by atoms with van der Waals surface area (Å²) in [5, 5.41) is 3.79. The fourth-order valence-corrected chi connectivity index (χ4v) is 2.87. The molecule has 0 aliphatic heterocycles. The van der Waals surface area contributed by atoms with Crippen LogP contribution in [-0.4, -0.2) is 20.4 Å². The lowest BCUT2D eigenvalue weighted by Crippen LogP contribution is -2.24. The fraction of sp³-hybridized carbons (Fsp3) is 0.0526. The Balaban J connectivity index is 1.64. The molecule has 0 radical (unpaired) electrons. The molecule has 124 valence electrons. The minimum atomic E-state index is -0.334. The number of para-hydroxylation sites is 1. The molecule has 25 heavy (non-hydrogen) atoms. The number of hydrogen-bond donors (Lipinski definition) is 3. The van der Waals surface area contributed by atoms with Crippen LogP contribution in [0.3, 0.4) is 0 Å². The molecule has 4 aromatic rings. The van der Waals surface area contributed by atoms with Crippen molar-refractivity contribution in [1.82, 2.24) is 14.5 Å². The van der Waals surface area contributed by atoms with Gasteiger partial charge in [-0.3, -0.25) is 9.36 Å². The van der Waals surface area contributed by atoms with Crippen LogP contribution in [0.25, 0.3) is 10.9 Å². The van der Waals surface area contributed by atoms with Crippen LogP contribution in [0, 0.1) is 0 Å². The molecule has 0 atom stereocenters. The van der Waals surface area contributed by atoms with Crippen LogP contribution in [0.15, 0.2) is 71.8 Å². The van der Waals surface area contributed by atoms with Crippen LogP contribution in [0.2, 0.25) is 0 Å². The molecule has 0 fully saturated rings. The van der Waals surface area contributed by atoms with Crippen molar-refractivity contribution in [2.24, 2.45) is 0 Å². The van der Waals surface area contributed by atoms with Gasteiger partial charge in [0.2, 0.25) is 0 Å². The Morgan fingerprint density at radius 2 is 1.72 bits per heavy atom. The molecular weight excluding hydrogens is 316 g/mol. The van der Waals surface area contributed by atoms with Crippen molar-refractivity contribution < 1.29 is 4.79 Å². The number of benzene rings is 2. The van der Waals surface area contributed by atoms with Gasteiger partial charge in [0.1, 0.15) is 5.69 Å². The van der Waals surface area contributed by atoms with Crippen LogP contribution in [0.5, 0.6) is 0 Å². The minimum absolute atomic E-state index is 0.291. The second-order valence-electron chi connectivity index (χ2n) is 5.75. The summed E-state index contributed by atoms with van der Waals surface area (Å²) in [6.45, 7) is 0.333. The van der Waals surface area contributed by atoms with E-state index < -0.39 is 0 Å². The molecule has 4 rings (SSSR count). The number of anilines is 1. The molecule has 3 N–H and O–H groups in total. The lowest BCUT2D eigenvalue weighted by Gasteiger charge is -2.08. The van der Waals surface area contributed by atoms with Crippen LogP contribution in [0.1, 0.15) is 16.1 Å². The molecule has 0 saturated carbocycles. The SMILES string of the molecule is O=C(Nc1c[nH]c2ccccc12)c1c[nH]c(=O)n1Cc1ccccc1.